The van der Waals surface area contributed by atoms with Crippen LogP contribution >= 0.6 is 11.3 Å². The van der Waals surface area contributed by atoms with Crippen molar-refractivity contribution in [1.82, 2.24) is 15.5 Å². The standard InChI is InChI=1S/C23H29F2N3O3S/c24-23(25)31-19-5-3-17(4-6-19)7-11-26-21(29)16-28-13-9-18(10-14-28)22(30)27-12-8-20-2-1-15-32-20/h1-6,15,18,23H,7-14,16H2,(H,26,29)(H,27,30). The monoisotopic (exact) mass is 465 g/mol. The normalized spacial score (nSPS) is 15.0. The third-order valence-electron chi connectivity index (χ3n) is 5.46. The quantitative estimate of drug-likeness (QED) is 0.535. The molecular formula is C23H29F2N3O3S. The fourth-order valence-electron chi connectivity index (χ4n) is 3.70. The summed E-state index contributed by atoms with van der Waals surface area (Å²) in [6.07, 6.45) is 2.97. The van der Waals surface area contributed by atoms with Crippen LogP contribution in [0.4, 0.5) is 8.78 Å². The van der Waals surface area contributed by atoms with Crippen LogP contribution in [0.3, 0.4) is 0 Å². The number of carbonyl (C=O) groups excluding carboxylic acids is 2. The lowest BCUT2D eigenvalue weighted by atomic mass is 9.96. The van der Waals surface area contributed by atoms with E-state index in [1.54, 1.807) is 23.5 Å². The predicted octanol–water partition coefficient (Wildman–Crippen LogP) is 3.08. The van der Waals surface area contributed by atoms with Crippen LogP contribution in [0.25, 0.3) is 0 Å². The molecule has 1 fully saturated rings. The minimum atomic E-state index is -2.84. The number of halogens is 2. The van der Waals surface area contributed by atoms with Crippen molar-refractivity contribution in [2.75, 3.05) is 32.7 Å². The summed E-state index contributed by atoms with van der Waals surface area (Å²) in [4.78, 5) is 27.9. The number of piperidine rings is 1. The molecule has 1 saturated heterocycles. The SMILES string of the molecule is O=C(CN1CCC(C(=O)NCCc2cccs2)CC1)NCCc1ccc(OC(F)F)cc1. The highest BCUT2D eigenvalue weighted by Crippen LogP contribution is 2.18. The van der Waals surface area contributed by atoms with Gasteiger partial charge in [-0.15, -0.1) is 11.3 Å². The minimum absolute atomic E-state index is 0.00895. The summed E-state index contributed by atoms with van der Waals surface area (Å²) in [5.74, 6) is 0.180. The Bertz CT molecular complexity index is 839. The van der Waals surface area contributed by atoms with Gasteiger partial charge in [0, 0.05) is 23.9 Å². The van der Waals surface area contributed by atoms with Gasteiger partial charge in [-0.1, -0.05) is 18.2 Å². The second-order valence-corrected chi connectivity index (χ2v) is 8.83. The van der Waals surface area contributed by atoms with Gasteiger partial charge >= 0.3 is 6.61 Å². The third kappa shape index (κ3) is 8.20. The van der Waals surface area contributed by atoms with Crippen molar-refractivity contribution in [3.05, 3.63) is 52.2 Å². The number of alkyl halides is 2. The van der Waals surface area contributed by atoms with Crippen LogP contribution in [-0.2, 0) is 22.4 Å². The molecule has 2 N–H and O–H groups in total. The lowest BCUT2D eigenvalue weighted by Gasteiger charge is -2.30. The van der Waals surface area contributed by atoms with Crippen molar-refractivity contribution in [3.8, 4) is 5.75 Å². The first-order valence-corrected chi connectivity index (χ1v) is 11.7. The summed E-state index contributed by atoms with van der Waals surface area (Å²) in [6, 6.07) is 10.5. The number of benzene rings is 1. The van der Waals surface area contributed by atoms with E-state index in [0.717, 1.165) is 37.9 Å². The number of nitrogens with zero attached hydrogens (tertiary/aromatic N) is 1. The molecule has 2 amide bonds. The highest BCUT2D eigenvalue weighted by molar-refractivity contribution is 7.09. The van der Waals surface area contributed by atoms with Crippen molar-refractivity contribution in [1.29, 1.82) is 0 Å². The molecule has 0 saturated carbocycles. The van der Waals surface area contributed by atoms with Crippen molar-refractivity contribution < 1.29 is 23.1 Å². The van der Waals surface area contributed by atoms with Gasteiger partial charge in [-0.3, -0.25) is 14.5 Å². The number of nitrogens with one attached hydrogen (secondary N) is 2. The topological polar surface area (TPSA) is 70.7 Å². The minimum Gasteiger partial charge on any atom is -0.435 e. The van der Waals surface area contributed by atoms with Gasteiger partial charge in [-0.25, -0.2) is 0 Å². The fraction of sp³-hybridized carbons (Fsp3) is 0.478. The smallest absolute Gasteiger partial charge is 0.387 e. The highest BCUT2D eigenvalue weighted by Gasteiger charge is 2.25. The molecule has 0 bridgehead atoms. The van der Waals surface area contributed by atoms with E-state index in [9.17, 15) is 18.4 Å². The van der Waals surface area contributed by atoms with Crippen molar-refractivity contribution >= 4 is 23.2 Å². The van der Waals surface area contributed by atoms with E-state index in [1.807, 2.05) is 11.4 Å². The van der Waals surface area contributed by atoms with Crippen LogP contribution in [-0.4, -0.2) is 56.0 Å². The van der Waals surface area contributed by atoms with E-state index in [0.29, 0.717) is 26.1 Å². The van der Waals surface area contributed by atoms with Gasteiger partial charge in [0.1, 0.15) is 5.75 Å². The first-order chi connectivity index (χ1) is 15.5. The van der Waals surface area contributed by atoms with Gasteiger partial charge in [0.15, 0.2) is 0 Å². The maximum Gasteiger partial charge on any atom is 0.387 e. The Hall–Kier alpha value is -2.52. The average molecular weight is 466 g/mol. The largest absolute Gasteiger partial charge is 0.435 e. The maximum atomic E-state index is 12.4. The second kappa shape index (κ2) is 12.5. The fourth-order valence-corrected chi connectivity index (χ4v) is 4.41. The lowest BCUT2D eigenvalue weighted by Crippen LogP contribution is -2.44. The first kappa shape index (κ1) is 24.1. The summed E-state index contributed by atoms with van der Waals surface area (Å²) >= 11 is 1.70. The third-order valence-corrected chi connectivity index (χ3v) is 6.40. The Kier molecular flexibility index (Phi) is 9.43. The van der Waals surface area contributed by atoms with Crippen LogP contribution in [0.2, 0.25) is 0 Å². The van der Waals surface area contributed by atoms with E-state index in [2.05, 4.69) is 26.3 Å². The zero-order valence-corrected chi connectivity index (χ0v) is 18.7. The summed E-state index contributed by atoms with van der Waals surface area (Å²) in [5.41, 5.74) is 0.929. The molecule has 9 heteroatoms. The number of rotatable bonds is 11. The molecule has 0 spiro atoms. The zero-order valence-electron chi connectivity index (χ0n) is 17.9. The average Bonchev–Trinajstić information content (AvgIpc) is 3.28. The Morgan fingerprint density at radius 1 is 1.06 bits per heavy atom. The Labute approximate surface area is 190 Å². The molecule has 1 aliphatic heterocycles. The highest BCUT2D eigenvalue weighted by atomic mass is 32.1. The molecule has 32 heavy (non-hydrogen) atoms. The van der Waals surface area contributed by atoms with Crippen LogP contribution < -0.4 is 15.4 Å². The molecule has 2 heterocycles. The van der Waals surface area contributed by atoms with Crippen LogP contribution in [0, 0.1) is 5.92 Å². The molecule has 174 valence electrons. The first-order valence-electron chi connectivity index (χ1n) is 10.8. The Morgan fingerprint density at radius 3 is 2.44 bits per heavy atom. The molecule has 2 aromatic rings. The maximum absolute atomic E-state index is 12.4. The van der Waals surface area contributed by atoms with Crippen LogP contribution in [0.5, 0.6) is 5.75 Å². The number of ether oxygens (including phenoxy) is 1. The van der Waals surface area contributed by atoms with E-state index >= 15 is 0 Å². The van der Waals surface area contributed by atoms with Gasteiger partial charge in [-0.2, -0.15) is 8.78 Å². The number of thiophene rings is 1. The van der Waals surface area contributed by atoms with Crippen molar-refractivity contribution in [3.63, 3.8) is 0 Å². The molecule has 0 unspecified atom stereocenters. The summed E-state index contributed by atoms with van der Waals surface area (Å²) in [6.45, 7) is 0.0507. The molecule has 6 nitrogen and oxygen atoms in total. The number of hydrogen-bond donors (Lipinski definition) is 2. The van der Waals surface area contributed by atoms with E-state index in [-0.39, 0.29) is 23.5 Å². The number of hydrogen-bond acceptors (Lipinski definition) is 5. The molecule has 3 rings (SSSR count). The molecule has 1 aliphatic rings. The molecule has 1 aromatic carbocycles. The molecule has 0 radical (unpaired) electrons. The molecule has 0 atom stereocenters. The van der Waals surface area contributed by atoms with Crippen LogP contribution in [0.1, 0.15) is 23.3 Å². The van der Waals surface area contributed by atoms with E-state index < -0.39 is 6.61 Å². The Morgan fingerprint density at radius 2 is 1.78 bits per heavy atom. The van der Waals surface area contributed by atoms with E-state index in [1.165, 1.54) is 17.0 Å². The Balaban J connectivity index is 1.27. The lowest BCUT2D eigenvalue weighted by molar-refractivity contribution is -0.126. The molecular weight excluding hydrogens is 436 g/mol. The summed E-state index contributed by atoms with van der Waals surface area (Å²) in [5, 5.41) is 7.95. The van der Waals surface area contributed by atoms with E-state index in [4.69, 9.17) is 0 Å². The number of carbonyl (C=O) groups is 2. The van der Waals surface area contributed by atoms with Gasteiger partial charge < -0.3 is 15.4 Å². The summed E-state index contributed by atoms with van der Waals surface area (Å²) < 4.78 is 28.7. The second-order valence-electron chi connectivity index (χ2n) is 7.79. The van der Waals surface area contributed by atoms with Gasteiger partial charge in [0.05, 0.1) is 6.54 Å². The zero-order chi connectivity index (χ0) is 22.8. The van der Waals surface area contributed by atoms with Crippen molar-refractivity contribution in [2.24, 2.45) is 5.92 Å². The van der Waals surface area contributed by atoms with Gasteiger partial charge in [-0.05, 0) is 67.9 Å². The van der Waals surface area contributed by atoms with Crippen molar-refractivity contribution in [2.45, 2.75) is 32.3 Å². The molecule has 1 aromatic heterocycles. The summed E-state index contributed by atoms with van der Waals surface area (Å²) in [7, 11) is 0. The number of likely N-dealkylation sites (tertiary alicyclic amines) is 1. The van der Waals surface area contributed by atoms with Gasteiger partial charge in [0.2, 0.25) is 11.8 Å². The molecule has 0 aliphatic carbocycles. The van der Waals surface area contributed by atoms with Crippen LogP contribution in [0.15, 0.2) is 41.8 Å². The predicted molar refractivity (Wildman–Crippen MR) is 120 cm³/mol. The van der Waals surface area contributed by atoms with Gasteiger partial charge in [0.25, 0.3) is 0 Å². The number of amides is 2.